The van der Waals surface area contributed by atoms with Crippen molar-refractivity contribution < 1.29 is 26.4 Å². The predicted octanol–water partition coefficient (Wildman–Crippen LogP) is 4.17. The normalized spacial score (nSPS) is 15.8. The molecule has 9 nitrogen and oxygen atoms in total. The zero-order valence-corrected chi connectivity index (χ0v) is 22.2. The minimum atomic E-state index is -4.51. The molecule has 37 heavy (non-hydrogen) atoms. The number of aryl methyl sites for hydroxylation is 1. The van der Waals surface area contributed by atoms with Crippen LogP contribution in [0.15, 0.2) is 46.4 Å². The molecule has 200 valence electrons. The number of aromatic nitrogens is 2. The summed E-state index contributed by atoms with van der Waals surface area (Å²) >= 11 is 0. The third kappa shape index (κ3) is 5.82. The molecule has 1 amide bonds. The van der Waals surface area contributed by atoms with Gasteiger partial charge in [-0.25, -0.2) is 18.1 Å². The van der Waals surface area contributed by atoms with Crippen molar-refractivity contribution in [3.8, 4) is 11.3 Å². The first-order valence-electron chi connectivity index (χ1n) is 11.3. The molecule has 1 aliphatic heterocycles. The summed E-state index contributed by atoms with van der Waals surface area (Å²) in [5.41, 5.74) is 1.34. The molecule has 1 aliphatic rings. The van der Waals surface area contributed by atoms with Gasteiger partial charge < -0.3 is 0 Å². The van der Waals surface area contributed by atoms with E-state index in [2.05, 4.69) is 26.5 Å². The van der Waals surface area contributed by atoms with Crippen molar-refractivity contribution in [3.63, 3.8) is 0 Å². The van der Waals surface area contributed by atoms with Gasteiger partial charge in [-0.15, -0.1) is 0 Å². The van der Waals surface area contributed by atoms with Crippen molar-refractivity contribution >= 4 is 22.6 Å². The quantitative estimate of drug-likeness (QED) is 0.399. The lowest BCUT2D eigenvalue weighted by Crippen LogP contribution is -2.39. The fourth-order valence-corrected chi connectivity index (χ4v) is 5.52. The largest absolute Gasteiger partial charge is 0.408 e. The molecule has 0 aromatic carbocycles. The molecule has 3 heterocycles. The Balaban J connectivity index is 2.06. The molecule has 0 atom stereocenters. The van der Waals surface area contributed by atoms with Gasteiger partial charge in [0, 0.05) is 42.6 Å². The van der Waals surface area contributed by atoms with Crippen LogP contribution in [-0.4, -0.2) is 59.7 Å². The SMILES string of the molecule is C=NN(/C=C(\C)N1C(=O)c2c(C)cc(-c3cncc(S(=O)(=O)NC(C)C)c3)nc2C1(C)C)CC(F)(F)F. The van der Waals surface area contributed by atoms with E-state index in [1.807, 2.05) is 0 Å². The number of pyridine rings is 2. The molecule has 0 spiro atoms. The number of rotatable bonds is 8. The monoisotopic (exact) mass is 538 g/mol. The highest BCUT2D eigenvalue weighted by Crippen LogP contribution is 2.42. The first-order valence-corrected chi connectivity index (χ1v) is 12.8. The average Bonchev–Trinajstić information content (AvgIpc) is 2.96. The van der Waals surface area contributed by atoms with E-state index >= 15 is 0 Å². The standard InChI is InChI=1S/C24H29F3N6O3S/c1-14(2)31-37(35,36)18-9-17(10-29-11-18)19-8-15(3)20-21(30-19)23(5,6)33(22(20)34)16(4)12-32(28-7)13-24(25,26)27/h8-12,14,31H,7,13H2,1-6H3/b16-12+. The van der Waals surface area contributed by atoms with E-state index in [4.69, 9.17) is 0 Å². The van der Waals surface area contributed by atoms with Gasteiger partial charge in [-0.2, -0.15) is 18.3 Å². The van der Waals surface area contributed by atoms with E-state index < -0.39 is 34.2 Å². The maximum absolute atomic E-state index is 13.4. The number of hydrazone groups is 1. The van der Waals surface area contributed by atoms with Gasteiger partial charge in [0.25, 0.3) is 5.91 Å². The minimum Gasteiger partial charge on any atom is -0.300 e. The zero-order chi connectivity index (χ0) is 27.9. The van der Waals surface area contributed by atoms with Crippen LogP contribution < -0.4 is 4.72 Å². The number of nitrogens with one attached hydrogen (secondary N) is 1. The molecule has 13 heteroatoms. The predicted molar refractivity (Wildman–Crippen MR) is 133 cm³/mol. The van der Waals surface area contributed by atoms with Crippen molar-refractivity contribution in [2.75, 3.05) is 6.54 Å². The number of carbonyl (C=O) groups excluding carboxylic acids is 1. The molecule has 1 N–H and O–H groups in total. The first kappa shape index (κ1) is 28.3. The maximum atomic E-state index is 13.4. The first-order chi connectivity index (χ1) is 17.0. The second-order valence-electron chi connectivity index (χ2n) is 9.56. The Morgan fingerprint density at radius 1 is 1.30 bits per heavy atom. The number of fused-ring (bicyclic) bond motifs is 1. The number of allylic oxidation sites excluding steroid dienone is 1. The summed E-state index contributed by atoms with van der Waals surface area (Å²) in [6.07, 6.45) is -0.695. The number of carbonyl (C=O) groups is 1. The minimum absolute atomic E-state index is 0.0314. The maximum Gasteiger partial charge on any atom is 0.408 e. The van der Waals surface area contributed by atoms with Crippen LogP contribution in [0.4, 0.5) is 13.2 Å². The van der Waals surface area contributed by atoms with Crippen molar-refractivity contribution in [2.24, 2.45) is 5.10 Å². The summed E-state index contributed by atoms with van der Waals surface area (Å²) in [7, 11) is -3.80. The number of hydrogen-bond donors (Lipinski definition) is 1. The topological polar surface area (TPSA) is 108 Å². The van der Waals surface area contributed by atoms with Gasteiger partial charge in [0.05, 0.1) is 22.5 Å². The molecule has 0 saturated heterocycles. The lowest BCUT2D eigenvalue weighted by molar-refractivity contribution is -0.140. The Morgan fingerprint density at radius 2 is 1.95 bits per heavy atom. The molecular formula is C24H29F3N6O3S. The van der Waals surface area contributed by atoms with E-state index in [1.165, 1.54) is 30.3 Å². The summed E-state index contributed by atoms with van der Waals surface area (Å²) in [6.45, 7) is 11.9. The highest BCUT2D eigenvalue weighted by Gasteiger charge is 2.46. The van der Waals surface area contributed by atoms with E-state index in [-0.39, 0.29) is 16.6 Å². The second-order valence-corrected chi connectivity index (χ2v) is 11.3. The molecule has 3 rings (SSSR count). The van der Waals surface area contributed by atoms with E-state index in [0.29, 0.717) is 33.1 Å². The molecule has 0 saturated carbocycles. The molecule has 2 aromatic heterocycles. The molecule has 0 fully saturated rings. The van der Waals surface area contributed by atoms with Crippen LogP contribution in [0.2, 0.25) is 0 Å². The Hall–Kier alpha value is -3.32. The second kappa shape index (κ2) is 9.86. The van der Waals surface area contributed by atoms with Gasteiger partial charge in [0.15, 0.2) is 0 Å². The van der Waals surface area contributed by atoms with Gasteiger partial charge in [-0.05, 0) is 59.2 Å². The number of sulfonamides is 1. The van der Waals surface area contributed by atoms with E-state index in [0.717, 1.165) is 6.20 Å². The lowest BCUT2D eigenvalue weighted by Gasteiger charge is -2.33. The summed E-state index contributed by atoms with van der Waals surface area (Å²) in [5, 5.41) is 4.02. The van der Waals surface area contributed by atoms with Gasteiger partial charge in [0.2, 0.25) is 10.0 Å². The Morgan fingerprint density at radius 3 is 2.51 bits per heavy atom. The average molecular weight is 539 g/mol. The van der Waals surface area contributed by atoms with Crippen molar-refractivity contribution in [3.05, 3.63) is 53.2 Å². The molecule has 0 unspecified atom stereocenters. The Bertz CT molecular complexity index is 1370. The van der Waals surface area contributed by atoms with E-state index in [1.54, 1.807) is 40.7 Å². The molecular weight excluding hydrogens is 509 g/mol. The Labute approximate surface area is 214 Å². The molecule has 2 aromatic rings. The van der Waals surface area contributed by atoms with Crippen LogP contribution in [0.5, 0.6) is 0 Å². The van der Waals surface area contributed by atoms with Crippen molar-refractivity contribution in [1.82, 2.24) is 24.6 Å². The smallest absolute Gasteiger partial charge is 0.300 e. The van der Waals surface area contributed by atoms with Crippen LogP contribution in [-0.2, 0) is 15.6 Å². The third-order valence-electron chi connectivity index (χ3n) is 5.69. The number of nitrogens with zero attached hydrogens (tertiary/aromatic N) is 5. The number of halogens is 3. The number of alkyl halides is 3. The van der Waals surface area contributed by atoms with Gasteiger partial charge in [0.1, 0.15) is 11.4 Å². The Kier molecular flexibility index (Phi) is 7.53. The highest BCUT2D eigenvalue weighted by molar-refractivity contribution is 7.89. The van der Waals surface area contributed by atoms with Gasteiger partial charge >= 0.3 is 6.18 Å². The number of amides is 1. The van der Waals surface area contributed by atoms with Crippen LogP contribution in [0.25, 0.3) is 11.3 Å². The van der Waals surface area contributed by atoms with E-state index in [9.17, 15) is 26.4 Å². The van der Waals surface area contributed by atoms with Crippen molar-refractivity contribution in [1.29, 1.82) is 0 Å². The summed E-state index contributed by atoms with van der Waals surface area (Å²) in [5.74, 6) is -0.420. The van der Waals surface area contributed by atoms with Crippen LogP contribution in [0.1, 0.15) is 56.2 Å². The lowest BCUT2D eigenvalue weighted by atomic mass is 9.96. The summed E-state index contributed by atoms with van der Waals surface area (Å²) < 4.78 is 66.4. The van der Waals surface area contributed by atoms with Crippen molar-refractivity contribution in [2.45, 2.75) is 64.2 Å². The third-order valence-corrected chi connectivity index (χ3v) is 7.32. The van der Waals surface area contributed by atoms with Crippen LogP contribution in [0, 0.1) is 6.92 Å². The summed E-state index contributed by atoms with van der Waals surface area (Å²) in [4.78, 5) is 23.5. The highest BCUT2D eigenvalue weighted by atomic mass is 32.2. The molecule has 0 bridgehead atoms. The number of hydrogen-bond acceptors (Lipinski definition) is 7. The van der Waals surface area contributed by atoms with Crippen LogP contribution in [0.3, 0.4) is 0 Å². The van der Waals surface area contributed by atoms with Gasteiger partial charge in [-0.3, -0.25) is 19.7 Å². The summed E-state index contributed by atoms with van der Waals surface area (Å²) in [6, 6.07) is 2.79. The fraction of sp³-hybridized carbons (Fsp3) is 0.417. The van der Waals surface area contributed by atoms with Crippen LogP contribution >= 0.6 is 0 Å². The van der Waals surface area contributed by atoms with Gasteiger partial charge in [-0.1, -0.05) is 0 Å². The zero-order valence-electron chi connectivity index (χ0n) is 21.4. The molecule has 0 aliphatic carbocycles. The fourth-order valence-electron chi connectivity index (χ4n) is 4.28. The molecule has 0 radical (unpaired) electrons.